The molecule has 1 N–H and O–H groups in total. The van der Waals surface area contributed by atoms with Crippen molar-refractivity contribution in [3.8, 4) is 5.75 Å². The Morgan fingerprint density at radius 3 is 2.44 bits per heavy atom. The Morgan fingerprint density at radius 2 is 1.89 bits per heavy atom. The molecule has 98 valence electrons. The molecule has 1 heterocycles. The number of carboxylic acids is 1. The maximum atomic E-state index is 11.3. The Labute approximate surface area is 107 Å². The normalized spacial score (nSPS) is 16.2. The van der Waals surface area contributed by atoms with Crippen LogP contribution in [-0.4, -0.2) is 31.3 Å². The molecule has 0 spiro atoms. The average molecular weight is 249 g/mol. The van der Waals surface area contributed by atoms with E-state index in [1.165, 1.54) is 12.8 Å². The highest BCUT2D eigenvalue weighted by atomic mass is 16.5. The first-order valence-corrected chi connectivity index (χ1v) is 6.38. The molecule has 1 aromatic carbocycles. The van der Waals surface area contributed by atoms with Crippen LogP contribution in [0, 0.1) is 0 Å². The van der Waals surface area contributed by atoms with Crippen LogP contribution in [0.4, 0.5) is 5.69 Å². The minimum atomic E-state index is -0.895. The molecular weight excluding hydrogens is 230 g/mol. The summed E-state index contributed by atoms with van der Waals surface area (Å²) >= 11 is 0. The van der Waals surface area contributed by atoms with Crippen molar-refractivity contribution in [3.05, 3.63) is 23.8 Å². The number of hydrogen-bond donors (Lipinski definition) is 1. The molecule has 1 aliphatic heterocycles. The van der Waals surface area contributed by atoms with Gasteiger partial charge in [0.05, 0.1) is 18.4 Å². The van der Waals surface area contributed by atoms with Crippen molar-refractivity contribution < 1.29 is 14.6 Å². The van der Waals surface area contributed by atoms with Gasteiger partial charge >= 0.3 is 5.97 Å². The van der Waals surface area contributed by atoms with Gasteiger partial charge in [-0.15, -0.1) is 0 Å². The molecular formula is C14H19NO3. The smallest absolute Gasteiger partial charge is 0.337 e. The molecule has 1 aliphatic rings. The van der Waals surface area contributed by atoms with Gasteiger partial charge in [-0.05, 0) is 31.0 Å². The van der Waals surface area contributed by atoms with Crippen molar-refractivity contribution in [2.24, 2.45) is 0 Å². The van der Waals surface area contributed by atoms with Gasteiger partial charge in [-0.25, -0.2) is 4.79 Å². The molecule has 0 bridgehead atoms. The zero-order valence-corrected chi connectivity index (χ0v) is 10.7. The lowest BCUT2D eigenvalue weighted by atomic mass is 10.1. The van der Waals surface area contributed by atoms with Crippen LogP contribution in [0.1, 0.15) is 36.0 Å². The summed E-state index contributed by atoms with van der Waals surface area (Å²) in [4.78, 5) is 13.5. The number of aromatic carboxylic acids is 1. The third kappa shape index (κ3) is 2.75. The summed E-state index contributed by atoms with van der Waals surface area (Å²) in [6, 6.07) is 5.28. The fourth-order valence-electron chi connectivity index (χ4n) is 2.40. The second kappa shape index (κ2) is 5.76. The summed E-state index contributed by atoms with van der Waals surface area (Å²) in [5.41, 5.74) is 1.14. The third-order valence-electron chi connectivity index (χ3n) is 3.38. The highest BCUT2D eigenvalue weighted by molar-refractivity contribution is 5.95. The molecule has 1 saturated heterocycles. The molecule has 0 amide bonds. The largest absolute Gasteiger partial charge is 0.497 e. The maximum absolute atomic E-state index is 11.3. The number of nitrogens with zero attached hydrogens (tertiary/aromatic N) is 1. The summed E-state index contributed by atoms with van der Waals surface area (Å²) in [5, 5.41) is 9.30. The van der Waals surface area contributed by atoms with E-state index >= 15 is 0 Å². The summed E-state index contributed by atoms with van der Waals surface area (Å²) in [6.07, 6.45) is 4.72. The molecule has 1 fully saturated rings. The van der Waals surface area contributed by atoms with Crippen molar-refractivity contribution in [1.29, 1.82) is 0 Å². The molecule has 0 aliphatic carbocycles. The first-order chi connectivity index (χ1) is 8.72. The lowest BCUT2D eigenvalue weighted by molar-refractivity contribution is 0.0697. The van der Waals surface area contributed by atoms with Crippen molar-refractivity contribution in [3.63, 3.8) is 0 Å². The van der Waals surface area contributed by atoms with E-state index in [4.69, 9.17) is 4.74 Å². The quantitative estimate of drug-likeness (QED) is 0.895. The van der Waals surface area contributed by atoms with Crippen LogP contribution >= 0.6 is 0 Å². The lowest BCUT2D eigenvalue weighted by Crippen LogP contribution is -2.25. The van der Waals surface area contributed by atoms with E-state index < -0.39 is 5.97 Å². The fraction of sp³-hybridized carbons (Fsp3) is 0.500. The SMILES string of the molecule is COc1ccc(N2CCCCCC2)c(C(=O)O)c1. The number of rotatable bonds is 3. The van der Waals surface area contributed by atoms with Gasteiger partial charge in [0, 0.05) is 13.1 Å². The van der Waals surface area contributed by atoms with E-state index in [0.717, 1.165) is 31.6 Å². The van der Waals surface area contributed by atoms with Crippen molar-refractivity contribution in [1.82, 2.24) is 0 Å². The van der Waals surface area contributed by atoms with Crippen molar-refractivity contribution in [2.45, 2.75) is 25.7 Å². The monoisotopic (exact) mass is 249 g/mol. The first kappa shape index (κ1) is 12.7. The van der Waals surface area contributed by atoms with Gasteiger partial charge in [0.25, 0.3) is 0 Å². The Morgan fingerprint density at radius 1 is 1.22 bits per heavy atom. The second-order valence-corrected chi connectivity index (χ2v) is 4.59. The highest BCUT2D eigenvalue weighted by Gasteiger charge is 2.18. The van der Waals surface area contributed by atoms with Gasteiger partial charge in [-0.1, -0.05) is 12.8 Å². The number of carbonyl (C=O) groups is 1. The number of carboxylic acid groups (broad SMARTS) is 1. The zero-order valence-electron chi connectivity index (χ0n) is 10.7. The minimum absolute atomic E-state index is 0.330. The molecule has 0 unspecified atom stereocenters. The van der Waals surface area contributed by atoms with Crippen LogP contribution in [-0.2, 0) is 0 Å². The van der Waals surface area contributed by atoms with Crippen LogP contribution in [0.25, 0.3) is 0 Å². The molecule has 0 aromatic heterocycles. The van der Waals surface area contributed by atoms with Crippen LogP contribution in [0.3, 0.4) is 0 Å². The Balaban J connectivity index is 2.32. The average Bonchev–Trinajstić information content (AvgIpc) is 2.66. The van der Waals surface area contributed by atoms with E-state index in [1.54, 1.807) is 13.2 Å². The minimum Gasteiger partial charge on any atom is -0.497 e. The van der Waals surface area contributed by atoms with Gasteiger partial charge < -0.3 is 14.7 Å². The Hall–Kier alpha value is -1.71. The van der Waals surface area contributed by atoms with Crippen LogP contribution in [0.2, 0.25) is 0 Å². The number of hydrogen-bond acceptors (Lipinski definition) is 3. The third-order valence-corrected chi connectivity index (χ3v) is 3.38. The predicted octanol–water partition coefficient (Wildman–Crippen LogP) is 2.77. The molecule has 18 heavy (non-hydrogen) atoms. The zero-order chi connectivity index (χ0) is 13.0. The van der Waals surface area contributed by atoms with Crippen LogP contribution < -0.4 is 9.64 Å². The van der Waals surface area contributed by atoms with E-state index in [0.29, 0.717) is 11.3 Å². The first-order valence-electron chi connectivity index (χ1n) is 6.38. The summed E-state index contributed by atoms with van der Waals surface area (Å²) < 4.78 is 5.09. The van der Waals surface area contributed by atoms with Crippen LogP contribution in [0.5, 0.6) is 5.75 Å². The van der Waals surface area contributed by atoms with E-state index in [2.05, 4.69) is 4.90 Å². The van der Waals surface area contributed by atoms with Gasteiger partial charge in [0.15, 0.2) is 0 Å². The molecule has 4 nitrogen and oxygen atoms in total. The van der Waals surface area contributed by atoms with Crippen molar-refractivity contribution >= 4 is 11.7 Å². The number of benzene rings is 1. The molecule has 1 aromatic rings. The summed E-state index contributed by atoms with van der Waals surface area (Å²) in [7, 11) is 1.55. The van der Waals surface area contributed by atoms with Crippen LogP contribution in [0.15, 0.2) is 18.2 Å². The Bertz CT molecular complexity index is 423. The van der Waals surface area contributed by atoms with E-state index in [1.807, 2.05) is 12.1 Å². The number of methoxy groups -OCH3 is 1. The molecule has 4 heteroatoms. The second-order valence-electron chi connectivity index (χ2n) is 4.59. The highest BCUT2D eigenvalue weighted by Crippen LogP contribution is 2.27. The van der Waals surface area contributed by atoms with Gasteiger partial charge in [0.2, 0.25) is 0 Å². The number of ether oxygens (including phenoxy) is 1. The summed E-state index contributed by atoms with van der Waals surface area (Å²) in [5.74, 6) is -0.306. The van der Waals surface area contributed by atoms with Gasteiger partial charge in [0.1, 0.15) is 5.75 Å². The van der Waals surface area contributed by atoms with E-state index in [9.17, 15) is 9.90 Å². The van der Waals surface area contributed by atoms with Gasteiger partial charge in [-0.3, -0.25) is 0 Å². The fourth-order valence-corrected chi connectivity index (χ4v) is 2.40. The molecule has 0 saturated carbocycles. The number of anilines is 1. The van der Waals surface area contributed by atoms with E-state index in [-0.39, 0.29) is 0 Å². The predicted molar refractivity (Wildman–Crippen MR) is 70.6 cm³/mol. The molecule has 0 atom stereocenters. The molecule has 2 rings (SSSR count). The topological polar surface area (TPSA) is 49.8 Å². The summed E-state index contributed by atoms with van der Waals surface area (Å²) in [6.45, 7) is 1.87. The maximum Gasteiger partial charge on any atom is 0.337 e. The van der Waals surface area contributed by atoms with Gasteiger partial charge in [-0.2, -0.15) is 0 Å². The molecule has 0 radical (unpaired) electrons. The lowest BCUT2D eigenvalue weighted by Gasteiger charge is -2.24. The standard InChI is InChI=1S/C14H19NO3/c1-18-11-6-7-13(12(10-11)14(16)17)15-8-4-2-3-5-9-15/h6-7,10H,2-5,8-9H2,1H3,(H,16,17). The Kier molecular flexibility index (Phi) is 4.07. The van der Waals surface area contributed by atoms with Crippen molar-refractivity contribution in [2.75, 3.05) is 25.1 Å².